The van der Waals surface area contributed by atoms with E-state index in [4.69, 9.17) is 11.6 Å². The molecule has 5 heteroatoms. The summed E-state index contributed by atoms with van der Waals surface area (Å²) < 4.78 is 0.870. The highest BCUT2D eigenvalue weighted by molar-refractivity contribution is 9.10. The van der Waals surface area contributed by atoms with Crippen molar-refractivity contribution < 1.29 is 5.11 Å². The lowest BCUT2D eigenvalue weighted by molar-refractivity contribution is 0.178. The molecule has 0 spiro atoms. The number of thiazole rings is 1. The van der Waals surface area contributed by atoms with Crippen LogP contribution in [0.3, 0.4) is 0 Å². The van der Waals surface area contributed by atoms with Gasteiger partial charge < -0.3 is 5.11 Å². The van der Waals surface area contributed by atoms with Gasteiger partial charge in [-0.2, -0.15) is 0 Å². The van der Waals surface area contributed by atoms with E-state index in [2.05, 4.69) is 20.9 Å². The van der Waals surface area contributed by atoms with Gasteiger partial charge in [0.05, 0.1) is 11.1 Å². The molecule has 0 radical (unpaired) electrons. The molecule has 2 nitrogen and oxygen atoms in total. The molecule has 0 bridgehead atoms. The molecule has 1 aromatic carbocycles. The maximum Gasteiger partial charge on any atom is 0.0957 e. The Morgan fingerprint density at radius 2 is 2.24 bits per heavy atom. The van der Waals surface area contributed by atoms with Crippen LogP contribution in [-0.2, 0) is 6.42 Å². The molecule has 1 heterocycles. The third-order valence-electron chi connectivity index (χ3n) is 2.30. The summed E-state index contributed by atoms with van der Waals surface area (Å²) >= 11 is 10.9. The second-order valence-corrected chi connectivity index (χ2v) is 6.10. The highest BCUT2D eigenvalue weighted by Gasteiger charge is 2.12. The molecule has 2 rings (SSSR count). The van der Waals surface area contributed by atoms with E-state index < -0.39 is 6.10 Å². The van der Waals surface area contributed by atoms with Crippen molar-refractivity contribution in [3.8, 4) is 0 Å². The Balaban J connectivity index is 2.16. The number of hydrogen-bond donors (Lipinski definition) is 1. The van der Waals surface area contributed by atoms with Gasteiger partial charge in [-0.3, -0.25) is 0 Å². The van der Waals surface area contributed by atoms with Crippen LogP contribution in [0.25, 0.3) is 0 Å². The number of rotatable bonds is 3. The lowest BCUT2D eigenvalue weighted by Crippen LogP contribution is -2.01. The number of halogens is 2. The largest absolute Gasteiger partial charge is 0.388 e. The molecule has 2 aromatic rings. The van der Waals surface area contributed by atoms with Gasteiger partial charge in [-0.25, -0.2) is 4.98 Å². The highest BCUT2D eigenvalue weighted by atomic mass is 79.9. The zero-order chi connectivity index (χ0) is 12.4. The molecule has 0 fully saturated rings. The smallest absolute Gasteiger partial charge is 0.0957 e. The Labute approximate surface area is 117 Å². The molecule has 1 aromatic heterocycles. The minimum absolute atomic E-state index is 0.519. The van der Waals surface area contributed by atoms with Crippen molar-refractivity contribution >= 4 is 38.9 Å². The summed E-state index contributed by atoms with van der Waals surface area (Å²) in [5.74, 6) is 0. The SMILES string of the molecule is Cc1csc(CC(O)c2cc(Cl)cc(Br)c2)n1. The average Bonchev–Trinajstić information content (AvgIpc) is 2.62. The Bertz CT molecular complexity index is 509. The van der Waals surface area contributed by atoms with Crippen LogP contribution in [0.15, 0.2) is 28.1 Å². The van der Waals surface area contributed by atoms with Crippen molar-refractivity contribution in [3.05, 3.63) is 49.3 Å². The van der Waals surface area contributed by atoms with Crippen LogP contribution in [-0.4, -0.2) is 10.1 Å². The average molecular weight is 333 g/mol. The monoisotopic (exact) mass is 331 g/mol. The number of aliphatic hydroxyl groups is 1. The molecule has 0 amide bonds. The predicted molar refractivity (Wildman–Crippen MR) is 74.7 cm³/mol. The fraction of sp³-hybridized carbons (Fsp3) is 0.250. The first-order chi connectivity index (χ1) is 8.04. The van der Waals surface area contributed by atoms with Crippen LogP contribution < -0.4 is 0 Å². The van der Waals surface area contributed by atoms with Crippen LogP contribution in [0.2, 0.25) is 5.02 Å². The van der Waals surface area contributed by atoms with Crippen molar-refractivity contribution in [1.82, 2.24) is 4.98 Å². The minimum Gasteiger partial charge on any atom is -0.388 e. The van der Waals surface area contributed by atoms with Gasteiger partial charge in [0.25, 0.3) is 0 Å². The predicted octanol–water partition coefficient (Wildman–Crippen LogP) is 4.14. The molecule has 0 saturated carbocycles. The maximum absolute atomic E-state index is 10.1. The van der Waals surface area contributed by atoms with Gasteiger partial charge in [-0.1, -0.05) is 27.5 Å². The molecule has 0 aliphatic rings. The van der Waals surface area contributed by atoms with E-state index in [-0.39, 0.29) is 0 Å². The van der Waals surface area contributed by atoms with Gasteiger partial charge in [0.1, 0.15) is 0 Å². The third-order valence-corrected chi connectivity index (χ3v) is 3.97. The Kier molecular flexibility index (Phi) is 4.20. The normalized spacial score (nSPS) is 12.7. The van der Waals surface area contributed by atoms with E-state index in [1.54, 1.807) is 23.5 Å². The van der Waals surface area contributed by atoms with Crippen LogP contribution in [0.5, 0.6) is 0 Å². The summed E-state index contributed by atoms with van der Waals surface area (Å²) in [6.07, 6.45) is -0.0544. The van der Waals surface area contributed by atoms with E-state index in [1.165, 1.54) is 0 Å². The van der Waals surface area contributed by atoms with Crippen LogP contribution >= 0.6 is 38.9 Å². The van der Waals surface area contributed by atoms with Gasteiger partial charge in [-0.05, 0) is 30.7 Å². The number of nitrogens with zero attached hydrogens (tertiary/aromatic N) is 1. The third kappa shape index (κ3) is 3.52. The van der Waals surface area contributed by atoms with Gasteiger partial charge in [0.15, 0.2) is 0 Å². The molecule has 0 aliphatic carbocycles. The quantitative estimate of drug-likeness (QED) is 0.916. The number of aryl methyl sites for hydroxylation is 1. The Hall–Kier alpha value is -0.420. The standard InChI is InChI=1S/C12H11BrClNOS/c1-7-6-17-12(15-7)5-11(16)8-2-9(13)4-10(14)3-8/h2-4,6,11,16H,5H2,1H3. The Morgan fingerprint density at radius 3 is 2.82 bits per heavy atom. The molecule has 0 saturated heterocycles. The molecular weight excluding hydrogens is 322 g/mol. The second kappa shape index (κ2) is 5.48. The van der Waals surface area contributed by atoms with Crippen molar-refractivity contribution in [2.45, 2.75) is 19.4 Å². The van der Waals surface area contributed by atoms with E-state index >= 15 is 0 Å². The summed E-state index contributed by atoms with van der Waals surface area (Å²) in [5.41, 5.74) is 1.79. The summed E-state index contributed by atoms with van der Waals surface area (Å²) in [6, 6.07) is 5.44. The summed E-state index contributed by atoms with van der Waals surface area (Å²) in [7, 11) is 0. The van der Waals surface area contributed by atoms with Crippen molar-refractivity contribution in [2.24, 2.45) is 0 Å². The molecule has 90 valence electrons. The number of benzene rings is 1. The van der Waals surface area contributed by atoms with Crippen molar-refractivity contribution in [3.63, 3.8) is 0 Å². The van der Waals surface area contributed by atoms with E-state index in [0.29, 0.717) is 11.4 Å². The zero-order valence-electron chi connectivity index (χ0n) is 9.15. The lowest BCUT2D eigenvalue weighted by Gasteiger charge is -2.10. The minimum atomic E-state index is -0.574. The van der Waals surface area contributed by atoms with Gasteiger partial charge in [0.2, 0.25) is 0 Å². The van der Waals surface area contributed by atoms with E-state index in [0.717, 1.165) is 20.7 Å². The molecule has 0 aliphatic heterocycles. The molecule has 1 N–H and O–H groups in total. The molecule has 17 heavy (non-hydrogen) atoms. The molecule has 1 unspecified atom stereocenters. The zero-order valence-corrected chi connectivity index (χ0v) is 12.3. The van der Waals surface area contributed by atoms with Gasteiger partial charge in [0, 0.05) is 27.0 Å². The van der Waals surface area contributed by atoms with Crippen molar-refractivity contribution in [2.75, 3.05) is 0 Å². The van der Waals surface area contributed by atoms with E-state index in [9.17, 15) is 5.11 Å². The van der Waals surface area contributed by atoms with Gasteiger partial charge >= 0.3 is 0 Å². The van der Waals surface area contributed by atoms with Crippen LogP contribution in [0, 0.1) is 6.92 Å². The summed E-state index contributed by atoms with van der Waals surface area (Å²) in [6.45, 7) is 1.95. The van der Waals surface area contributed by atoms with Crippen molar-refractivity contribution in [1.29, 1.82) is 0 Å². The number of hydrogen-bond acceptors (Lipinski definition) is 3. The lowest BCUT2D eigenvalue weighted by atomic mass is 10.1. The first kappa shape index (κ1) is 13.0. The van der Waals surface area contributed by atoms with Gasteiger partial charge in [-0.15, -0.1) is 11.3 Å². The maximum atomic E-state index is 10.1. The Morgan fingerprint density at radius 1 is 1.47 bits per heavy atom. The first-order valence-electron chi connectivity index (χ1n) is 5.09. The highest BCUT2D eigenvalue weighted by Crippen LogP contribution is 2.26. The van der Waals surface area contributed by atoms with Crippen LogP contribution in [0.1, 0.15) is 22.4 Å². The fourth-order valence-corrected chi connectivity index (χ4v) is 3.24. The fourth-order valence-electron chi connectivity index (χ4n) is 1.55. The first-order valence-corrected chi connectivity index (χ1v) is 7.15. The second-order valence-electron chi connectivity index (χ2n) is 3.81. The topological polar surface area (TPSA) is 33.1 Å². The number of aromatic nitrogens is 1. The summed E-state index contributed by atoms with van der Waals surface area (Å²) in [5, 5.41) is 13.7. The van der Waals surface area contributed by atoms with E-state index in [1.807, 2.05) is 18.4 Å². The number of aliphatic hydroxyl groups excluding tert-OH is 1. The molecule has 1 atom stereocenters. The summed E-state index contributed by atoms with van der Waals surface area (Å²) in [4.78, 5) is 4.33. The van der Waals surface area contributed by atoms with Crippen LogP contribution in [0.4, 0.5) is 0 Å². The molecular formula is C12H11BrClNOS.